The minimum atomic E-state index is 0.797. The lowest BCUT2D eigenvalue weighted by Crippen LogP contribution is -1.99. The highest BCUT2D eigenvalue weighted by molar-refractivity contribution is 9.13. The van der Waals surface area contributed by atoms with Crippen molar-refractivity contribution < 1.29 is 0 Å². The van der Waals surface area contributed by atoms with Crippen LogP contribution in [0.3, 0.4) is 0 Å². The second-order valence-electron chi connectivity index (χ2n) is 4.47. The van der Waals surface area contributed by atoms with E-state index in [4.69, 9.17) is 0 Å². The molecule has 0 aliphatic heterocycles. The molecule has 2 aromatic carbocycles. The van der Waals surface area contributed by atoms with Gasteiger partial charge in [0.2, 0.25) is 0 Å². The Morgan fingerprint density at radius 1 is 1.14 bits per heavy atom. The summed E-state index contributed by atoms with van der Waals surface area (Å²) in [6.07, 6.45) is 2.06. The Morgan fingerprint density at radius 2 is 2.00 bits per heavy atom. The molecule has 0 atom stereocenters. The molecule has 0 saturated heterocycles. The molecule has 0 aliphatic rings. The molecule has 21 heavy (non-hydrogen) atoms. The van der Waals surface area contributed by atoms with Gasteiger partial charge in [0, 0.05) is 21.2 Å². The summed E-state index contributed by atoms with van der Waals surface area (Å²) in [5.41, 5.74) is 3.43. The number of halogens is 2. The molecule has 1 heterocycles. The first-order valence-corrected chi connectivity index (χ1v) is 9.91. The van der Waals surface area contributed by atoms with Gasteiger partial charge in [-0.2, -0.15) is 0 Å². The molecule has 2 nitrogen and oxygen atoms in total. The van der Waals surface area contributed by atoms with Crippen molar-refractivity contribution in [3.8, 4) is 0 Å². The van der Waals surface area contributed by atoms with Gasteiger partial charge in [0.05, 0.1) is 10.2 Å². The number of fused-ring (bicyclic) bond motifs is 1. The van der Waals surface area contributed by atoms with Crippen molar-refractivity contribution in [2.24, 2.45) is 0 Å². The highest BCUT2D eigenvalue weighted by Gasteiger charge is 2.04. The van der Waals surface area contributed by atoms with Crippen LogP contribution in [0.15, 0.2) is 49.7 Å². The van der Waals surface area contributed by atoms with Crippen molar-refractivity contribution in [3.63, 3.8) is 0 Å². The Hall–Kier alpha value is -0.560. The Morgan fingerprint density at radius 3 is 2.76 bits per heavy atom. The van der Waals surface area contributed by atoms with Crippen molar-refractivity contribution in [1.82, 2.24) is 4.98 Å². The third-order valence-electron chi connectivity index (χ3n) is 3.02. The third kappa shape index (κ3) is 3.62. The van der Waals surface area contributed by atoms with Gasteiger partial charge in [-0.3, -0.25) is 0 Å². The Kier molecular flexibility index (Phi) is 4.88. The average Bonchev–Trinajstić information content (AvgIpc) is 2.90. The lowest BCUT2D eigenvalue weighted by atomic mass is 10.2. The minimum Gasteiger partial charge on any atom is -0.381 e. The van der Waals surface area contributed by atoms with E-state index in [-0.39, 0.29) is 0 Å². The van der Waals surface area contributed by atoms with E-state index in [2.05, 4.69) is 84.8 Å². The molecule has 0 spiro atoms. The molecule has 108 valence electrons. The monoisotopic (exact) mass is 442 g/mol. The number of thioether (sulfide) groups is 1. The van der Waals surface area contributed by atoms with Gasteiger partial charge in [-0.25, -0.2) is 4.98 Å². The van der Waals surface area contributed by atoms with Crippen LogP contribution < -0.4 is 5.32 Å². The van der Waals surface area contributed by atoms with E-state index in [0.717, 1.165) is 31.0 Å². The summed E-state index contributed by atoms with van der Waals surface area (Å²) in [5.74, 6) is 0. The number of benzene rings is 2. The van der Waals surface area contributed by atoms with Crippen LogP contribution in [-0.2, 0) is 6.54 Å². The highest BCUT2D eigenvalue weighted by Crippen LogP contribution is 2.30. The summed E-state index contributed by atoms with van der Waals surface area (Å²) in [5, 5.41) is 3.46. The zero-order valence-electron chi connectivity index (χ0n) is 11.2. The first-order valence-electron chi connectivity index (χ1n) is 6.28. The Bertz CT molecular complexity index is 786. The van der Waals surface area contributed by atoms with Crippen LogP contribution in [0.1, 0.15) is 5.56 Å². The molecule has 0 aliphatic carbocycles. The zero-order chi connectivity index (χ0) is 14.8. The van der Waals surface area contributed by atoms with Crippen LogP contribution in [0.4, 0.5) is 5.69 Å². The van der Waals surface area contributed by atoms with E-state index in [0.29, 0.717) is 0 Å². The van der Waals surface area contributed by atoms with Crippen LogP contribution in [0.2, 0.25) is 0 Å². The van der Waals surface area contributed by atoms with Crippen molar-refractivity contribution in [2.75, 3.05) is 11.6 Å². The number of anilines is 1. The fourth-order valence-electron chi connectivity index (χ4n) is 1.95. The molecule has 6 heteroatoms. The first kappa shape index (κ1) is 15.3. The quantitative estimate of drug-likeness (QED) is 0.489. The van der Waals surface area contributed by atoms with E-state index in [1.807, 2.05) is 0 Å². The van der Waals surface area contributed by atoms with Gasteiger partial charge in [0.25, 0.3) is 0 Å². The summed E-state index contributed by atoms with van der Waals surface area (Å²) >= 11 is 10.4. The minimum absolute atomic E-state index is 0.797. The second kappa shape index (κ2) is 6.69. The van der Waals surface area contributed by atoms with Gasteiger partial charge in [0.15, 0.2) is 4.34 Å². The third-order valence-corrected chi connectivity index (χ3v) is 6.91. The maximum Gasteiger partial charge on any atom is 0.150 e. The van der Waals surface area contributed by atoms with Crippen LogP contribution >= 0.6 is 55.0 Å². The molecule has 0 amide bonds. The van der Waals surface area contributed by atoms with E-state index >= 15 is 0 Å². The summed E-state index contributed by atoms with van der Waals surface area (Å²) in [6, 6.07) is 12.6. The molecule has 0 unspecified atom stereocenters. The summed E-state index contributed by atoms with van der Waals surface area (Å²) in [7, 11) is 0. The number of aromatic nitrogens is 1. The second-order valence-corrected chi connectivity index (χ2v) is 8.26. The molecular formula is C15H12Br2N2S2. The molecule has 1 N–H and O–H groups in total. The van der Waals surface area contributed by atoms with Gasteiger partial charge in [-0.1, -0.05) is 17.8 Å². The maximum atomic E-state index is 4.55. The van der Waals surface area contributed by atoms with E-state index in [9.17, 15) is 0 Å². The fraction of sp³-hybridized carbons (Fsp3) is 0.133. The predicted molar refractivity (Wildman–Crippen MR) is 101 cm³/mol. The molecule has 0 saturated carbocycles. The SMILES string of the molecule is CSc1nc2ccc(NCc3ccc(Br)c(Br)c3)cc2s1. The smallest absolute Gasteiger partial charge is 0.150 e. The lowest BCUT2D eigenvalue weighted by molar-refractivity contribution is 1.15. The number of nitrogens with zero attached hydrogens (tertiary/aromatic N) is 1. The standard InChI is InChI=1S/C15H12Br2N2S2/c1-20-15-19-13-5-3-10(7-14(13)21-15)18-8-9-2-4-11(16)12(17)6-9/h2-7,18H,8H2,1H3. The molecular weight excluding hydrogens is 432 g/mol. The van der Waals surface area contributed by atoms with E-state index in [1.165, 1.54) is 10.3 Å². The van der Waals surface area contributed by atoms with Gasteiger partial charge in [-0.15, -0.1) is 11.3 Å². The Balaban J connectivity index is 1.76. The first-order chi connectivity index (χ1) is 10.2. The van der Waals surface area contributed by atoms with Gasteiger partial charge in [0.1, 0.15) is 0 Å². The predicted octanol–water partition coefficient (Wildman–Crippen LogP) is 6.16. The molecule has 3 rings (SSSR count). The summed E-state index contributed by atoms with van der Waals surface area (Å²) in [6.45, 7) is 0.797. The number of thiazole rings is 1. The fourth-order valence-corrected chi connectivity index (χ4v) is 4.16. The highest BCUT2D eigenvalue weighted by atomic mass is 79.9. The van der Waals surface area contributed by atoms with Gasteiger partial charge in [-0.05, 0) is 74.0 Å². The normalized spacial score (nSPS) is 11.0. The van der Waals surface area contributed by atoms with Crippen LogP contribution in [0.5, 0.6) is 0 Å². The molecule has 0 radical (unpaired) electrons. The zero-order valence-corrected chi connectivity index (χ0v) is 16.0. The molecule has 0 fully saturated rings. The summed E-state index contributed by atoms with van der Waals surface area (Å²) in [4.78, 5) is 4.55. The van der Waals surface area contributed by atoms with E-state index < -0.39 is 0 Å². The number of rotatable bonds is 4. The van der Waals surface area contributed by atoms with Crippen LogP contribution in [0.25, 0.3) is 10.2 Å². The average molecular weight is 444 g/mol. The van der Waals surface area contributed by atoms with Gasteiger partial charge >= 0.3 is 0 Å². The number of nitrogens with one attached hydrogen (secondary N) is 1. The summed E-state index contributed by atoms with van der Waals surface area (Å²) < 4.78 is 4.48. The van der Waals surface area contributed by atoms with Crippen molar-refractivity contribution in [1.29, 1.82) is 0 Å². The van der Waals surface area contributed by atoms with Crippen LogP contribution in [-0.4, -0.2) is 11.2 Å². The molecule has 1 aromatic heterocycles. The van der Waals surface area contributed by atoms with Crippen molar-refractivity contribution in [2.45, 2.75) is 10.9 Å². The molecule has 3 aromatic rings. The van der Waals surface area contributed by atoms with Crippen molar-refractivity contribution >= 4 is 70.9 Å². The van der Waals surface area contributed by atoms with E-state index in [1.54, 1.807) is 23.1 Å². The Labute approximate surface area is 148 Å². The van der Waals surface area contributed by atoms with Crippen molar-refractivity contribution in [3.05, 3.63) is 50.9 Å². The molecule has 0 bridgehead atoms. The van der Waals surface area contributed by atoms with Crippen LogP contribution in [0, 0.1) is 0 Å². The maximum absolute atomic E-state index is 4.55. The number of hydrogen-bond acceptors (Lipinski definition) is 4. The largest absolute Gasteiger partial charge is 0.381 e. The topological polar surface area (TPSA) is 24.9 Å². The lowest BCUT2D eigenvalue weighted by Gasteiger charge is -2.07. The van der Waals surface area contributed by atoms with Gasteiger partial charge < -0.3 is 5.32 Å². The number of hydrogen-bond donors (Lipinski definition) is 1.